The molecule has 41 heavy (non-hydrogen) atoms. The zero-order valence-corrected chi connectivity index (χ0v) is 24.4. The standard InChI is InChI=1S/C35H44N4O2/c1-3-12-28(2)33(37-34(40)25-29-13-6-4-7-14-29)18-11-10-17-31-19-20-32(36-31)27-38-21-23-39(24-22-38)35(41)26-30-15-8-5-9-16-30/h3-9,12-16,19-20,33,36H,2,10-11,17-18,21-27H2,1H3,(H,37,40). The van der Waals surface area contributed by atoms with Crippen LogP contribution in [0.5, 0.6) is 0 Å². The van der Waals surface area contributed by atoms with Crippen LogP contribution >= 0.6 is 0 Å². The highest BCUT2D eigenvalue weighted by Crippen LogP contribution is 2.15. The maximum atomic E-state index is 12.7. The van der Waals surface area contributed by atoms with Crippen LogP contribution < -0.4 is 5.32 Å². The third-order valence-electron chi connectivity index (χ3n) is 7.68. The van der Waals surface area contributed by atoms with Gasteiger partial charge in [0.1, 0.15) is 0 Å². The van der Waals surface area contributed by atoms with Gasteiger partial charge in [0.25, 0.3) is 0 Å². The number of nitrogens with one attached hydrogen (secondary N) is 2. The molecule has 0 aliphatic carbocycles. The van der Waals surface area contributed by atoms with Crippen molar-refractivity contribution in [3.63, 3.8) is 0 Å². The molecule has 2 N–H and O–H groups in total. The topological polar surface area (TPSA) is 68.4 Å². The van der Waals surface area contributed by atoms with Gasteiger partial charge in [0.2, 0.25) is 11.8 Å². The molecule has 2 heterocycles. The minimum Gasteiger partial charge on any atom is -0.361 e. The number of aromatic nitrogens is 1. The molecule has 0 saturated carbocycles. The number of aromatic amines is 1. The van der Waals surface area contributed by atoms with E-state index in [9.17, 15) is 9.59 Å². The summed E-state index contributed by atoms with van der Waals surface area (Å²) in [6, 6.07) is 24.1. The Morgan fingerprint density at radius 1 is 0.878 bits per heavy atom. The van der Waals surface area contributed by atoms with E-state index in [1.165, 1.54) is 11.4 Å². The van der Waals surface area contributed by atoms with Gasteiger partial charge in [-0.2, -0.15) is 0 Å². The summed E-state index contributed by atoms with van der Waals surface area (Å²) in [6.07, 6.45) is 8.70. The molecule has 1 fully saturated rings. The average Bonchev–Trinajstić information content (AvgIpc) is 3.43. The van der Waals surface area contributed by atoms with Gasteiger partial charge < -0.3 is 15.2 Å². The van der Waals surface area contributed by atoms with E-state index in [4.69, 9.17) is 0 Å². The van der Waals surface area contributed by atoms with Gasteiger partial charge in [-0.1, -0.05) is 85.8 Å². The van der Waals surface area contributed by atoms with Gasteiger partial charge in [-0.25, -0.2) is 0 Å². The van der Waals surface area contributed by atoms with Gasteiger partial charge in [-0.3, -0.25) is 14.5 Å². The van der Waals surface area contributed by atoms with Gasteiger partial charge in [0.05, 0.1) is 18.9 Å². The number of unbranched alkanes of at least 4 members (excludes halogenated alkanes) is 1. The number of nitrogens with zero attached hydrogens (tertiary/aromatic N) is 2. The summed E-state index contributed by atoms with van der Waals surface area (Å²) in [5.74, 6) is 0.243. The Hall–Kier alpha value is -3.90. The van der Waals surface area contributed by atoms with E-state index >= 15 is 0 Å². The van der Waals surface area contributed by atoms with Crippen LogP contribution in [0.4, 0.5) is 0 Å². The molecule has 6 nitrogen and oxygen atoms in total. The van der Waals surface area contributed by atoms with E-state index < -0.39 is 0 Å². The lowest BCUT2D eigenvalue weighted by Crippen LogP contribution is -2.48. The fourth-order valence-electron chi connectivity index (χ4n) is 5.38. The van der Waals surface area contributed by atoms with E-state index in [2.05, 4.69) is 33.9 Å². The van der Waals surface area contributed by atoms with E-state index in [0.717, 1.165) is 75.1 Å². The van der Waals surface area contributed by atoms with Crippen LogP contribution in [-0.2, 0) is 35.4 Å². The van der Waals surface area contributed by atoms with Gasteiger partial charge in [0.15, 0.2) is 0 Å². The van der Waals surface area contributed by atoms with E-state index in [1.54, 1.807) is 0 Å². The Kier molecular flexibility index (Phi) is 11.6. The number of benzene rings is 2. The van der Waals surface area contributed by atoms with Crippen molar-refractivity contribution in [1.82, 2.24) is 20.1 Å². The minimum atomic E-state index is -0.0557. The first-order chi connectivity index (χ1) is 20.0. The molecule has 1 unspecified atom stereocenters. The lowest BCUT2D eigenvalue weighted by molar-refractivity contribution is -0.132. The summed E-state index contributed by atoms with van der Waals surface area (Å²) in [5, 5.41) is 3.19. The molecule has 0 bridgehead atoms. The van der Waals surface area contributed by atoms with E-state index in [1.807, 2.05) is 84.6 Å². The van der Waals surface area contributed by atoms with Crippen LogP contribution in [0.25, 0.3) is 0 Å². The van der Waals surface area contributed by atoms with Crippen LogP contribution in [0.15, 0.2) is 97.1 Å². The molecule has 1 atom stereocenters. The number of piperazine rings is 1. The monoisotopic (exact) mass is 552 g/mol. The maximum absolute atomic E-state index is 12.7. The number of amides is 2. The van der Waals surface area contributed by atoms with Crippen molar-refractivity contribution >= 4 is 11.8 Å². The highest BCUT2D eigenvalue weighted by molar-refractivity contribution is 5.79. The van der Waals surface area contributed by atoms with Gasteiger partial charge in [0, 0.05) is 44.1 Å². The molecule has 3 aromatic rings. The molecule has 216 valence electrons. The Labute approximate surface area is 245 Å². The Morgan fingerprint density at radius 2 is 1.51 bits per heavy atom. The Morgan fingerprint density at radius 3 is 2.17 bits per heavy atom. The fraction of sp³-hybridized carbons (Fsp3) is 0.371. The molecule has 2 amide bonds. The molecular weight excluding hydrogens is 508 g/mol. The molecular formula is C35H44N4O2. The maximum Gasteiger partial charge on any atom is 0.227 e. The number of hydrogen-bond acceptors (Lipinski definition) is 3. The average molecular weight is 553 g/mol. The molecule has 1 aliphatic heterocycles. The first-order valence-corrected chi connectivity index (χ1v) is 14.9. The van der Waals surface area contributed by atoms with E-state index in [-0.39, 0.29) is 17.9 Å². The van der Waals surface area contributed by atoms with Crippen molar-refractivity contribution in [2.45, 2.75) is 58.0 Å². The highest BCUT2D eigenvalue weighted by Gasteiger charge is 2.21. The van der Waals surface area contributed by atoms with Gasteiger partial charge >= 0.3 is 0 Å². The first kappa shape index (κ1) is 30.1. The normalized spacial score (nSPS) is 14.7. The van der Waals surface area contributed by atoms with Crippen LogP contribution in [0.3, 0.4) is 0 Å². The number of hydrogen-bond donors (Lipinski definition) is 2. The van der Waals surface area contributed by atoms with Crippen LogP contribution in [0.1, 0.15) is 48.7 Å². The second-order valence-corrected chi connectivity index (χ2v) is 10.9. The van der Waals surface area contributed by atoms with Crippen molar-refractivity contribution < 1.29 is 9.59 Å². The number of carbonyl (C=O) groups is 2. The Balaban J connectivity index is 1.16. The summed E-state index contributed by atoms with van der Waals surface area (Å²) in [7, 11) is 0. The summed E-state index contributed by atoms with van der Waals surface area (Å²) >= 11 is 0. The number of carbonyl (C=O) groups excluding carboxylic acids is 2. The zero-order valence-electron chi connectivity index (χ0n) is 24.4. The second kappa shape index (κ2) is 15.8. The second-order valence-electron chi connectivity index (χ2n) is 10.9. The predicted molar refractivity (Wildman–Crippen MR) is 166 cm³/mol. The van der Waals surface area contributed by atoms with Crippen molar-refractivity contribution in [3.8, 4) is 0 Å². The van der Waals surface area contributed by atoms with Crippen LogP contribution in [0.2, 0.25) is 0 Å². The fourth-order valence-corrected chi connectivity index (χ4v) is 5.38. The summed E-state index contributed by atoms with van der Waals surface area (Å²) in [4.78, 5) is 33.3. The molecule has 1 saturated heterocycles. The molecule has 0 radical (unpaired) electrons. The summed E-state index contributed by atoms with van der Waals surface area (Å²) in [6.45, 7) is 10.4. The summed E-state index contributed by atoms with van der Waals surface area (Å²) in [5.41, 5.74) is 5.49. The quantitative estimate of drug-likeness (QED) is 0.206. The van der Waals surface area contributed by atoms with Crippen molar-refractivity contribution in [2.24, 2.45) is 0 Å². The first-order valence-electron chi connectivity index (χ1n) is 14.9. The number of allylic oxidation sites excluding steroid dienone is 1. The van der Waals surface area contributed by atoms with Crippen LogP contribution in [0, 0.1) is 0 Å². The number of H-pyrrole nitrogens is 1. The largest absolute Gasteiger partial charge is 0.361 e. The molecule has 2 aromatic carbocycles. The molecule has 1 aromatic heterocycles. The van der Waals surface area contributed by atoms with Gasteiger partial charge in [-0.15, -0.1) is 0 Å². The molecule has 4 rings (SSSR count). The zero-order chi connectivity index (χ0) is 28.9. The summed E-state index contributed by atoms with van der Waals surface area (Å²) < 4.78 is 0. The van der Waals surface area contributed by atoms with Crippen molar-refractivity contribution in [2.75, 3.05) is 26.2 Å². The van der Waals surface area contributed by atoms with Crippen molar-refractivity contribution in [3.05, 3.63) is 120 Å². The number of aryl methyl sites for hydroxylation is 1. The van der Waals surface area contributed by atoms with Gasteiger partial charge in [-0.05, 0) is 55.0 Å². The third-order valence-corrected chi connectivity index (χ3v) is 7.68. The lowest BCUT2D eigenvalue weighted by Gasteiger charge is -2.34. The smallest absolute Gasteiger partial charge is 0.227 e. The van der Waals surface area contributed by atoms with Crippen molar-refractivity contribution in [1.29, 1.82) is 0 Å². The third kappa shape index (κ3) is 9.90. The molecule has 1 aliphatic rings. The minimum absolute atomic E-state index is 0.0299. The highest BCUT2D eigenvalue weighted by atomic mass is 16.2. The predicted octanol–water partition coefficient (Wildman–Crippen LogP) is 5.47. The Bertz CT molecular complexity index is 1270. The van der Waals surface area contributed by atoms with Crippen LogP contribution in [-0.4, -0.2) is 58.8 Å². The lowest BCUT2D eigenvalue weighted by atomic mass is 10.00. The molecule has 6 heteroatoms. The molecule has 0 spiro atoms. The number of rotatable bonds is 14. The van der Waals surface area contributed by atoms with E-state index in [0.29, 0.717) is 12.8 Å². The SMILES string of the molecule is C=C(C=CC)C(CCCCc1ccc(CN2CCN(C(=O)Cc3ccccc3)CC2)[nH]1)NC(=O)Cc1ccccc1.